The van der Waals surface area contributed by atoms with Crippen molar-refractivity contribution in [3.63, 3.8) is 0 Å². The highest BCUT2D eigenvalue weighted by Crippen LogP contribution is 2.23. The molecule has 188 valence electrons. The van der Waals surface area contributed by atoms with Gasteiger partial charge in [-0.15, -0.1) is 0 Å². The molecule has 8 heteroatoms. The van der Waals surface area contributed by atoms with Crippen LogP contribution in [0.3, 0.4) is 0 Å². The molecule has 1 aromatic heterocycles. The maximum absolute atomic E-state index is 13.3. The number of rotatable bonds is 7. The number of ether oxygens (including phenoxy) is 1. The molecule has 38 heavy (non-hydrogen) atoms. The van der Waals surface area contributed by atoms with E-state index in [4.69, 9.17) is 9.72 Å². The van der Waals surface area contributed by atoms with Gasteiger partial charge in [-0.05, 0) is 77.0 Å². The molecule has 1 heterocycles. The number of para-hydroxylation sites is 2. The summed E-state index contributed by atoms with van der Waals surface area (Å²) in [6, 6.07) is 29.8. The van der Waals surface area contributed by atoms with Crippen molar-refractivity contribution in [1.82, 2.24) is 9.66 Å². The molecule has 5 rings (SSSR count). The second-order valence-electron chi connectivity index (χ2n) is 8.52. The van der Waals surface area contributed by atoms with Crippen LogP contribution in [0.15, 0.2) is 107 Å². The lowest BCUT2D eigenvalue weighted by molar-refractivity contribution is -0.118. The van der Waals surface area contributed by atoms with Crippen molar-refractivity contribution >= 4 is 51.3 Å². The van der Waals surface area contributed by atoms with Crippen LogP contribution in [0.4, 0.5) is 5.69 Å². The van der Waals surface area contributed by atoms with E-state index in [-0.39, 0.29) is 18.1 Å². The van der Waals surface area contributed by atoms with Gasteiger partial charge in [-0.25, -0.2) is 4.98 Å². The van der Waals surface area contributed by atoms with Gasteiger partial charge in [-0.3, -0.25) is 9.59 Å². The van der Waals surface area contributed by atoms with Crippen LogP contribution in [0.25, 0.3) is 22.3 Å². The Hall–Kier alpha value is -4.31. The molecule has 1 N–H and O–H groups in total. The molecule has 0 saturated carbocycles. The number of aromatic nitrogens is 2. The number of amides is 1. The van der Waals surface area contributed by atoms with E-state index in [0.29, 0.717) is 22.5 Å². The molecule has 0 radical (unpaired) electrons. The highest BCUT2D eigenvalue weighted by Gasteiger charge is 2.12. The molecule has 0 atom stereocenters. The van der Waals surface area contributed by atoms with Gasteiger partial charge in [0.1, 0.15) is 5.75 Å². The molecule has 0 aliphatic heterocycles. The molecule has 0 aliphatic carbocycles. The second kappa shape index (κ2) is 11.4. The molecule has 7 nitrogen and oxygen atoms in total. The minimum absolute atomic E-state index is 0.115. The number of aryl methyl sites for hydroxylation is 1. The predicted octanol–water partition coefficient (Wildman–Crippen LogP) is 5.88. The average Bonchev–Trinajstić information content (AvgIpc) is 2.94. The predicted molar refractivity (Wildman–Crippen MR) is 159 cm³/mol. The number of hydrogen-bond acceptors (Lipinski definition) is 5. The molecule has 4 aromatic carbocycles. The van der Waals surface area contributed by atoms with Crippen molar-refractivity contribution in [2.45, 2.75) is 6.92 Å². The van der Waals surface area contributed by atoms with Crippen LogP contribution in [-0.4, -0.2) is 28.4 Å². The van der Waals surface area contributed by atoms with Crippen LogP contribution in [0.2, 0.25) is 0 Å². The van der Waals surface area contributed by atoms with Gasteiger partial charge in [-0.2, -0.15) is 9.78 Å². The van der Waals surface area contributed by atoms with Gasteiger partial charge in [0.05, 0.1) is 20.7 Å². The Bertz CT molecular complexity index is 1710. The van der Waals surface area contributed by atoms with Crippen molar-refractivity contribution in [3.8, 4) is 17.1 Å². The Labute approximate surface area is 233 Å². The molecule has 1 amide bonds. The van der Waals surface area contributed by atoms with E-state index in [0.717, 1.165) is 25.9 Å². The van der Waals surface area contributed by atoms with Crippen molar-refractivity contribution in [2.24, 2.45) is 5.10 Å². The lowest BCUT2D eigenvalue weighted by atomic mass is 10.2. The maximum Gasteiger partial charge on any atom is 0.282 e. The van der Waals surface area contributed by atoms with Gasteiger partial charge in [-0.1, -0.05) is 60.7 Å². The van der Waals surface area contributed by atoms with Gasteiger partial charge in [0.15, 0.2) is 12.4 Å². The van der Waals surface area contributed by atoms with Crippen LogP contribution in [0.1, 0.15) is 11.1 Å². The number of anilines is 1. The maximum atomic E-state index is 13.3. The summed E-state index contributed by atoms with van der Waals surface area (Å²) >= 11 is 2.15. The molecular formula is C30H23IN4O3. The van der Waals surface area contributed by atoms with E-state index in [1.807, 2.05) is 91.9 Å². The highest BCUT2D eigenvalue weighted by molar-refractivity contribution is 14.1. The van der Waals surface area contributed by atoms with E-state index in [1.165, 1.54) is 4.68 Å². The highest BCUT2D eigenvalue weighted by atomic mass is 127. The largest absolute Gasteiger partial charge is 0.483 e. The van der Waals surface area contributed by atoms with Crippen molar-refractivity contribution in [3.05, 3.63) is 122 Å². The first-order valence-corrected chi connectivity index (χ1v) is 13.0. The first-order valence-electron chi connectivity index (χ1n) is 11.9. The van der Waals surface area contributed by atoms with Crippen molar-refractivity contribution < 1.29 is 9.53 Å². The fourth-order valence-electron chi connectivity index (χ4n) is 3.89. The number of nitrogens with one attached hydrogen (secondary N) is 1. The molecule has 0 aliphatic rings. The summed E-state index contributed by atoms with van der Waals surface area (Å²) in [5.41, 5.74) is 3.66. The number of nitrogens with zero attached hydrogens (tertiary/aromatic N) is 3. The number of carbonyl (C=O) groups excluding carboxylic acids is 1. The third kappa shape index (κ3) is 5.65. The van der Waals surface area contributed by atoms with Crippen LogP contribution < -0.4 is 15.6 Å². The minimum Gasteiger partial charge on any atom is -0.483 e. The Morgan fingerprint density at radius 2 is 1.74 bits per heavy atom. The van der Waals surface area contributed by atoms with Crippen molar-refractivity contribution in [2.75, 3.05) is 11.9 Å². The molecule has 0 fully saturated rings. The van der Waals surface area contributed by atoms with Gasteiger partial charge in [0.25, 0.3) is 11.5 Å². The molecule has 5 aromatic rings. The Morgan fingerprint density at radius 1 is 1.00 bits per heavy atom. The standard InChI is InChI=1S/C30H23IN4O3/c1-20-9-5-7-13-25(20)33-28(36)19-38-27-16-15-21(17-24(27)31)18-32-35-29(22-10-3-2-4-11-22)34-26-14-8-6-12-23(26)30(35)37/h2-18H,19H2,1H3,(H,33,36). The zero-order chi connectivity index (χ0) is 26.5. The van der Waals surface area contributed by atoms with Crippen molar-refractivity contribution in [1.29, 1.82) is 0 Å². The summed E-state index contributed by atoms with van der Waals surface area (Å²) in [7, 11) is 0. The molecule has 0 unspecified atom stereocenters. The van der Waals surface area contributed by atoms with E-state index < -0.39 is 0 Å². The van der Waals surface area contributed by atoms with E-state index >= 15 is 0 Å². The lowest BCUT2D eigenvalue weighted by Crippen LogP contribution is -2.21. The molecule has 0 bridgehead atoms. The number of benzene rings is 4. The Balaban J connectivity index is 1.37. The summed E-state index contributed by atoms with van der Waals surface area (Å²) in [6.45, 7) is 1.82. The Morgan fingerprint density at radius 3 is 2.53 bits per heavy atom. The third-order valence-electron chi connectivity index (χ3n) is 5.84. The number of carbonyl (C=O) groups is 1. The summed E-state index contributed by atoms with van der Waals surface area (Å²) in [4.78, 5) is 30.4. The fraction of sp³-hybridized carbons (Fsp3) is 0.0667. The number of halogens is 1. The zero-order valence-electron chi connectivity index (χ0n) is 20.5. The Kier molecular flexibility index (Phi) is 7.60. The SMILES string of the molecule is Cc1ccccc1NC(=O)COc1ccc(C=Nn2c(-c3ccccc3)nc3ccccc3c2=O)cc1I. The van der Waals surface area contributed by atoms with Crippen LogP contribution in [-0.2, 0) is 4.79 Å². The van der Waals surface area contributed by atoms with Crippen LogP contribution >= 0.6 is 22.6 Å². The lowest BCUT2D eigenvalue weighted by Gasteiger charge is -2.11. The van der Waals surface area contributed by atoms with E-state index in [2.05, 4.69) is 33.0 Å². The molecular weight excluding hydrogens is 591 g/mol. The minimum atomic E-state index is -0.250. The van der Waals surface area contributed by atoms with Crippen LogP contribution in [0.5, 0.6) is 5.75 Å². The van der Waals surface area contributed by atoms with Gasteiger partial charge in [0, 0.05) is 11.3 Å². The second-order valence-corrected chi connectivity index (χ2v) is 9.68. The summed E-state index contributed by atoms with van der Waals surface area (Å²) < 4.78 is 7.88. The average molecular weight is 614 g/mol. The quantitative estimate of drug-likeness (QED) is 0.184. The van der Waals surface area contributed by atoms with Gasteiger partial charge in [0.2, 0.25) is 0 Å². The van der Waals surface area contributed by atoms with E-state index in [9.17, 15) is 9.59 Å². The molecule has 0 saturated heterocycles. The monoisotopic (exact) mass is 614 g/mol. The fourth-order valence-corrected chi connectivity index (χ4v) is 4.58. The summed E-state index contributed by atoms with van der Waals surface area (Å²) in [5.74, 6) is 0.800. The number of hydrogen-bond donors (Lipinski definition) is 1. The first-order chi connectivity index (χ1) is 18.5. The van der Waals surface area contributed by atoms with Crippen LogP contribution in [0, 0.1) is 10.5 Å². The first kappa shape index (κ1) is 25.3. The third-order valence-corrected chi connectivity index (χ3v) is 6.68. The summed E-state index contributed by atoms with van der Waals surface area (Å²) in [5, 5.41) is 7.86. The smallest absolute Gasteiger partial charge is 0.282 e. The van der Waals surface area contributed by atoms with E-state index in [1.54, 1.807) is 18.3 Å². The number of fused-ring (bicyclic) bond motifs is 1. The normalized spacial score (nSPS) is 11.1. The topological polar surface area (TPSA) is 85.6 Å². The zero-order valence-corrected chi connectivity index (χ0v) is 22.6. The van der Waals surface area contributed by atoms with Gasteiger partial charge >= 0.3 is 0 Å². The van der Waals surface area contributed by atoms with Gasteiger partial charge < -0.3 is 10.1 Å². The summed E-state index contributed by atoms with van der Waals surface area (Å²) in [6.07, 6.45) is 1.61. The molecule has 0 spiro atoms.